The van der Waals surface area contributed by atoms with E-state index in [0.717, 1.165) is 23.1 Å². The van der Waals surface area contributed by atoms with E-state index < -0.39 is 0 Å². The number of H-pyrrole nitrogens is 1. The summed E-state index contributed by atoms with van der Waals surface area (Å²) in [5.74, 6) is 0.532. The molecule has 0 amide bonds. The van der Waals surface area contributed by atoms with Gasteiger partial charge in [0.1, 0.15) is 4.70 Å². The maximum absolute atomic E-state index is 12.0. The predicted molar refractivity (Wildman–Crippen MR) is 74.4 cm³/mol. The molecule has 0 aliphatic heterocycles. The van der Waals surface area contributed by atoms with Crippen molar-refractivity contribution in [2.45, 2.75) is 25.7 Å². The van der Waals surface area contributed by atoms with Crippen LogP contribution in [0.1, 0.15) is 23.3 Å². The van der Waals surface area contributed by atoms with E-state index in [1.807, 2.05) is 0 Å². The average molecular weight is 264 g/mol. The molecule has 0 bridgehead atoms. The zero-order valence-electron chi connectivity index (χ0n) is 10.1. The number of hydrogen-bond donors (Lipinski definition) is 3. The van der Waals surface area contributed by atoms with Gasteiger partial charge >= 0.3 is 0 Å². The van der Waals surface area contributed by atoms with Gasteiger partial charge in [-0.05, 0) is 31.2 Å². The van der Waals surface area contributed by atoms with E-state index in [2.05, 4.69) is 15.3 Å². The lowest BCUT2D eigenvalue weighted by Crippen LogP contribution is -2.18. The largest absolute Gasteiger partial charge is 0.354 e. The molecule has 0 fully saturated rings. The second-order valence-electron chi connectivity index (χ2n) is 4.52. The zero-order chi connectivity index (χ0) is 12.5. The van der Waals surface area contributed by atoms with E-state index in [1.54, 1.807) is 11.3 Å². The molecule has 1 aliphatic rings. The first-order chi connectivity index (χ1) is 8.79. The summed E-state index contributed by atoms with van der Waals surface area (Å²) >= 11 is 1.60. The fourth-order valence-electron chi connectivity index (χ4n) is 2.40. The number of anilines is 1. The summed E-state index contributed by atoms with van der Waals surface area (Å²) in [6.45, 7) is 1.13. The van der Waals surface area contributed by atoms with Gasteiger partial charge in [-0.25, -0.2) is 4.98 Å². The Morgan fingerprint density at radius 1 is 1.39 bits per heavy atom. The van der Waals surface area contributed by atoms with Crippen LogP contribution < -0.4 is 16.6 Å². The molecule has 0 radical (unpaired) electrons. The van der Waals surface area contributed by atoms with E-state index in [0.29, 0.717) is 19.0 Å². The van der Waals surface area contributed by atoms with Crippen molar-refractivity contribution in [3.05, 3.63) is 20.8 Å². The molecule has 0 spiro atoms. The summed E-state index contributed by atoms with van der Waals surface area (Å²) in [4.78, 5) is 20.7. The third-order valence-corrected chi connectivity index (χ3v) is 4.52. The highest BCUT2D eigenvalue weighted by molar-refractivity contribution is 7.19. The molecule has 4 N–H and O–H groups in total. The smallest absolute Gasteiger partial charge is 0.270 e. The van der Waals surface area contributed by atoms with Gasteiger partial charge < -0.3 is 11.1 Å². The minimum atomic E-state index is -0.0427. The Labute approximate surface area is 108 Å². The molecule has 2 heterocycles. The molecular weight excluding hydrogens is 248 g/mol. The van der Waals surface area contributed by atoms with Gasteiger partial charge in [-0.15, -0.1) is 11.3 Å². The summed E-state index contributed by atoms with van der Waals surface area (Å²) in [6, 6.07) is 0. The Morgan fingerprint density at radius 3 is 3.06 bits per heavy atom. The molecule has 18 heavy (non-hydrogen) atoms. The van der Waals surface area contributed by atoms with Gasteiger partial charge in [0, 0.05) is 18.0 Å². The molecule has 0 saturated carbocycles. The van der Waals surface area contributed by atoms with Crippen LogP contribution in [0.15, 0.2) is 4.79 Å². The van der Waals surface area contributed by atoms with Crippen LogP contribution in [0.2, 0.25) is 0 Å². The monoisotopic (exact) mass is 264 g/mol. The van der Waals surface area contributed by atoms with Crippen LogP contribution in [-0.4, -0.2) is 23.1 Å². The molecular formula is C12H16N4OS. The first-order valence-electron chi connectivity index (χ1n) is 6.28. The molecule has 0 atom stereocenters. The number of aryl methyl sites for hydroxylation is 2. The highest BCUT2D eigenvalue weighted by Gasteiger charge is 2.19. The number of nitrogens with zero attached hydrogens (tertiary/aromatic N) is 1. The van der Waals surface area contributed by atoms with Crippen molar-refractivity contribution in [3.8, 4) is 0 Å². The Morgan fingerprint density at radius 2 is 2.22 bits per heavy atom. The lowest BCUT2D eigenvalue weighted by Gasteiger charge is -2.10. The first-order valence-corrected chi connectivity index (χ1v) is 7.09. The Hall–Kier alpha value is -1.40. The average Bonchev–Trinajstić information content (AvgIpc) is 2.76. The second kappa shape index (κ2) is 4.70. The molecule has 96 valence electrons. The van der Waals surface area contributed by atoms with E-state index in [9.17, 15) is 4.79 Å². The van der Waals surface area contributed by atoms with Crippen LogP contribution >= 0.6 is 11.3 Å². The van der Waals surface area contributed by atoms with Crippen molar-refractivity contribution in [3.63, 3.8) is 0 Å². The maximum Gasteiger partial charge on any atom is 0.270 e. The molecule has 0 saturated heterocycles. The maximum atomic E-state index is 12.0. The number of rotatable bonds is 3. The normalized spacial score (nSPS) is 14.7. The van der Waals surface area contributed by atoms with E-state index in [-0.39, 0.29) is 5.56 Å². The number of aromatic nitrogens is 2. The summed E-state index contributed by atoms with van der Waals surface area (Å²) < 4.78 is 0.764. The third-order valence-electron chi connectivity index (χ3n) is 3.24. The summed E-state index contributed by atoms with van der Waals surface area (Å²) in [7, 11) is 0. The van der Waals surface area contributed by atoms with Gasteiger partial charge in [-0.1, -0.05) is 0 Å². The Bertz CT molecular complexity index is 631. The number of thiophene rings is 1. The number of nitrogens with one attached hydrogen (secondary N) is 2. The standard InChI is InChI=1S/C12H16N4OS/c13-5-6-14-12-15-9-7-3-1-2-4-8(7)18-10(9)11(17)16-12/h1-6,13H2,(H2,14,15,16,17). The second-order valence-corrected chi connectivity index (χ2v) is 5.62. The number of fused-ring (bicyclic) bond motifs is 3. The van der Waals surface area contributed by atoms with E-state index in [4.69, 9.17) is 5.73 Å². The van der Waals surface area contributed by atoms with Gasteiger partial charge in [-0.3, -0.25) is 9.78 Å². The van der Waals surface area contributed by atoms with E-state index in [1.165, 1.54) is 23.3 Å². The van der Waals surface area contributed by atoms with Crippen molar-refractivity contribution in [2.75, 3.05) is 18.4 Å². The summed E-state index contributed by atoms with van der Waals surface area (Å²) in [5.41, 5.74) is 7.56. The van der Waals surface area contributed by atoms with Gasteiger partial charge in [0.15, 0.2) is 0 Å². The SMILES string of the molecule is NCCNc1nc2c3c(sc2c(=O)[nH]1)CCCC3. The topological polar surface area (TPSA) is 83.8 Å². The highest BCUT2D eigenvalue weighted by Crippen LogP contribution is 2.33. The predicted octanol–water partition coefficient (Wildman–Crippen LogP) is 1.23. The first kappa shape index (κ1) is 11.7. The lowest BCUT2D eigenvalue weighted by atomic mass is 9.98. The van der Waals surface area contributed by atoms with Crippen molar-refractivity contribution in [1.82, 2.24) is 9.97 Å². The molecule has 5 nitrogen and oxygen atoms in total. The van der Waals surface area contributed by atoms with Crippen LogP contribution in [0.25, 0.3) is 10.2 Å². The van der Waals surface area contributed by atoms with Crippen LogP contribution in [0, 0.1) is 0 Å². The van der Waals surface area contributed by atoms with Gasteiger partial charge in [-0.2, -0.15) is 0 Å². The van der Waals surface area contributed by atoms with Crippen LogP contribution in [-0.2, 0) is 12.8 Å². The van der Waals surface area contributed by atoms with Crippen LogP contribution in [0.5, 0.6) is 0 Å². The number of aromatic amines is 1. The molecule has 0 unspecified atom stereocenters. The molecule has 6 heteroatoms. The fourth-order valence-corrected chi connectivity index (χ4v) is 3.62. The quantitative estimate of drug-likeness (QED) is 0.778. The van der Waals surface area contributed by atoms with Crippen LogP contribution in [0.4, 0.5) is 5.95 Å². The fraction of sp³-hybridized carbons (Fsp3) is 0.500. The van der Waals surface area contributed by atoms with Crippen molar-refractivity contribution in [2.24, 2.45) is 5.73 Å². The Balaban J connectivity index is 2.13. The number of hydrogen-bond acceptors (Lipinski definition) is 5. The lowest BCUT2D eigenvalue weighted by molar-refractivity contribution is 0.699. The van der Waals surface area contributed by atoms with Crippen molar-refractivity contribution >= 4 is 27.5 Å². The molecule has 1 aliphatic carbocycles. The Kier molecular flexibility index (Phi) is 3.05. The van der Waals surface area contributed by atoms with E-state index >= 15 is 0 Å². The van der Waals surface area contributed by atoms with Crippen molar-refractivity contribution < 1.29 is 0 Å². The summed E-state index contributed by atoms with van der Waals surface area (Å²) in [5, 5.41) is 3.04. The van der Waals surface area contributed by atoms with Crippen molar-refractivity contribution in [1.29, 1.82) is 0 Å². The molecule has 0 aromatic carbocycles. The van der Waals surface area contributed by atoms with Gasteiger partial charge in [0.2, 0.25) is 5.95 Å². The van der Waals surface area contributed by atoms with Gasteiger partial charge in [0.25, 0.3) is 5.56 Å². The molecule has 2 aromatic heterocycles. The summed E-state index contributed by atoms with van der Waals surface area (Å²) in [6.07, 6.45) is 4.54. The van der Waals surface area contributed by atoms with Gasteiger partial charge in [0.05, 0.1) is 5.52 Å². The minimum absolute atomic E-state index is 0.0427. The number of nitrogens with two attached hydrogens (primary N) is 1. The van der Waals surface area contributed by atoms with Crippen LogP contribution in [0.3, 0.4) is 0 Å². The molecule has 3 rings (SSSR count). The molecule has 2 aromatic rings. The highest BCUT2D eigenvalue weighted by atomic mass is 32.1. The minimum Gasteiger partial charge on any atom is -0.354 e. The zero-order valence-corrected chi connectivity index (χ0v) is 10.9. The third kappa shape index (κ3) is 1.91.